The molecule has 0 bridgehead atoms. The molecule has 2 rings (SSSR count). The molecular formula is C16H21NO3. The number of nitrogens with zero attached hydrogens (tertiary/aromatic N) is 1. The lowest BCUT2D eigenvalue weighted by Gasteiger charge is -2.21. The number of benzene rings is 1. The quantitative estimate of drug-likeness (QED) is 0.918. The Balaban J connectivity index is 2.10. The minimum absolute atomic E-state index is 0.0126. The summed E-state index contributed by atoms with van der Waals surface area (Å²) in [7, 11) is 0. The maximum Gasteiger partial charge on any atom is 0.303 e. The van der Waals surface area contributed by atoms with E-state index in [9.17, 15) is 9.59 Å². The van der Waals surface area contributed by atoms with E-state index in [1.54, 1.807) is 0 Å². The molecule has 20 heavy (non-hydrogen) atoms. The molecule has 4 nitrogen and oxygen atoms in total. The summed E-state index contributed by atoms with van der Waals surface area (Å²) in [5.41, 5.74) is 1.92. The highest BCUT2D eigenvalue weighted by Gasteiger charge is 2.18. The van der Waals surface area contributed by atoms with E-state index < -0.39 is 5.97 Å². The highest BCUT2D eigenvalue weighted by molar-refractivity contribution is 5.93. The van der Waals surface area contributed by atoms with Gasteiger partial charge in [-0.2, -0.15) is 0 Å². The molecule has 0 aromatic heterocycles. The molecule has 0 spiro atoms. The Morgan fingerprint density at radius 1 is 1.25 bits per heavy atom. The first-order chi connectivity index (χ1) is 9.58. The standard InChI is InChI=1S/C16H21NO3/c1-12(11-16(19)20)13-6-8-14(9-7-13)17-10-4-2-3-5-15(17)18/h6-9,12H,2-5,10-11H2,1H3,(H,19,20). The van der Waals surface area contributed by atoms with Crippen molar-refractivity contribution >= 4 is 17.6 Å². The van der Waals surface area contributed by atoms with Crippen LogP contribution in [0.1, 0.15) is 50.5 Å². The molecule has 1 unspecified atom stereocenters. The average Bonchev–Trinajstić information content (AvgIpc) is 2.63. The summed E-state index contributed by atoms with van der Waals surface area (Å²) in [4.78, 5) is 24.6. The third kappa shape index (κ3) is 3.59. The molecule has 4 heteroatoms. The van der Waals surface area contributed by atoms with Crippen molar-refractivity contribution in [3.05, 3.63) is 29.8 Å². The van der Waals surface area contributed by atoms with Gasteiger partial charge in [0, 0.05) is 18.7 Å². The number of carbonyl (C=O) groups is 2. The zero-order chi connectivity index (χ0) is 14.5. The maximum atomic E-state index is 12.0. The van der Waals surface area contributed by atoms with Crippen molar-refractivity contribution < 1.29 is 14.7 Å². The van der Waals surface area contributed by atoms with E-state index in [-0.39, 0.29) is 18.2 Å². The lowest BCUT2D eigenvalue weighted by Crippen LogP contribution is -2.29. The Kier molecular flexibility index (Phi) is 4.77. The van der Waals surface area contributed by atoms with Crippen LogP contribution in [-0.2, 0) is 9.59 Å². The number of carboxylic acids is 1. The van der Waals surface area contributed by atoms with Crippen LogP contribution >= 0.6 is 0 Å². The minimum atomic E-state index is -0.788. The first-order valence-electron chi connectivity index (χ1n) is 7.20. The Labute approximate surface area is 119 Å². The van der Waals surface area contributed by atoms with Crippen molar-refractivity contribution in [2.75, 3.05) is 11.4 Å². The molecule has 0 saturated carbocycles. The third-order valence-corrected chi connectivity index (χ3v) is 3.83. The lowest BCUT2D eigenvalue weighted by molar-refractivity contribution is -0.137. The summed E-state index contributed by atoms with van der Waals surface area (Å²) >= 11 is 0. The van der Waals surface area contributed by atoms with E-state index in [0.717, 1.165) is 37.1 Å². The lowest BCUT2D eigenvalue weighted by atomic mass is 9.97. The number of carboxylic acid groups (broad SMARTS) is 1. The normalized spacial score (nSPS) is 17.6. The van der Waals surface area contributed by atoms with Crippen LogP contribution < -0.4 is 4.90 Å². The third-order valence-electron chi connectivity index (χ3n) is 3.83. The summed E-state index contributed by atoms with van der Waals surface area (Å²) in [5.74, 6) is -0.612. The van der Waals surface area contributed by atoms with Gasteiger partial charge >= 0.3 is 5.97 Å². The monoisotopic (exact) mass is 275 g/mol. The fourth-order valence-electron chi connectivity index (χ4n) is 2.62. The smallest absolute Gasteiger partial charge is 0.303 e. The minimum Gasteiger partial charge on any atom is -0.481 e. The van der Waals surface area contributed by atoms with Gasteiger partial charge in [0.05, 0.1) is 6.42 Å². The summed E-state index contributed by atoms with van der Waals surface area (Å²) in [6, 6.07) is 7.72. The van der Waals surface area contributed by atoms with E-state index in [2.05, 4.69) is 0 Å². The molecule has 1 atom stereocenters. The van der Waals surface area contributed by atoms with Crippen LogP contribution in [0.5, 0.6) is 0 Å². The molecule has 0 aliphatic carbocycles. The molecule has 1 aromatic carbocycles. The van der Waals surface area contributed by atoms with Crippen molar-refractivity contribution in [2.24, 2.45) is 0 Å². The summed E-state index contributed by atoms with van der Waals surface area (Å²) in [6.07, 6.45) is 3.88. The molecule has 1 aromatic rings. The highest BCUT2D eigenvalue weighted by atomic mass is 16.4. The van der Waals surface area contributed by atoms with E-state index in [1.807, 2.05) is 36.1 Å². The van der Waals surface area contributed by atoms with Crippen molar-refractivity contribution in [1.29, 1.82) is 0 Å². The van der Waals surface area contributed by atoms with Crippen molar-refractivity contribution in [3.8, 4) is 0 Å². The number of rotatable bonds is 4. The molecule has 1 heterocycles. The molecule has 1 N–H and O–H groups in total. The molecular weight excluding hydrogens is 254 g/mol. The van der Waals surface area contributed by atoms with Gasteiger partial charge in [-0.15, -0.1) is 0 Å². The second-order valence-corrected chi connectivity index (χ2v) is 5.45. The number of amides is 1. The molecule has 1 aliphatic heterocycles. The highest BCUT2D eigenvalue weighted by Crippen LogP contribution is 2.25. The average molecular weight is 275 g/mol. The largest absolute Gasteiger partial charge is 0.481 e. The second kappa shape index (κ2) is 6.55. The van der Waals surface area contributed by atoms with Gasteiger partial charge in [-0.25, -0.2) is 0 Å². The molecule has 1 aliphatic rings. The van der Waals surface area contributed by atoms with Gasteiger partial charge in [0.2, 0.25) is 5.91 Å². The van der Waals surface area contributed by atoms with Gasteiger partial charge in [0.1, 0.15) is 0 Å². The van der Waals surface area contributed by atoms with Crippen LogP contribution in [-0.4, -0.2) is 23.5 Å². The van der Waals surface area contributed by atoms with Gasteiger partial charge in [0.25, 0.3) is 0 Å². The van der Waals surface area contributed by atoms with Gasteiger partial charge in [-0.3, -0.25) is 9.59 Å². The Morgan fingerprint density at radius 2 is 1.95 bits per heavy atom. The van der Waals surface area contributed by atoms with Crippen LogP contribution in [0, 0.1) is 0 Å². The second-order valence-electron chi connectivity index (χ2n) is 5.45. The van der Waals surface area contributed by atoms with Crippen LogP contribution in [0.3, 0.4) is 0 Å². The summed E-state index contributed by atoms with van der Waals surface area (Å²) < 4.78 is 0. The molecule has 1 fully saturated rings. The van der Waals surface area contributed by atoms with Gasteiger partial charge in [-0.05, 0) is 36.5 Å². The molecule has 108 valence electrons. The number of carbonyl (C=O) groups excluding carboxylic acids is 1. The zero-order valence-electron chi connectivity index (χ0n) is 11.8. The number of hydrogen-bond donors (Lipinski definition) is 1. The fraction of sp³-hybridized carbons (Fsp3) is 0.500. The van der Waals surface area contributed by atoms with Gasteiger partial charge in [-0.1, -0.05) is 25.5 Å². The number of hydrogen-bond acceptors (Lipinski definition) is 2. The predicted molar refractivity (Wildman–Crippen MR) is 77.9 cm³/mol. The SMILES string of the molecule is CC(CC(=O)O)c1ccc(N2CCCCCC2=O)cc1. The predicted octanol–water partition coefficient (Wildman–Crippen LogP) is 3.17. The Bertz CT molecular complexity index is 481. The van der Waals surface area contributed by atoms with Crippen LogP contribution in [0.2, 0.25) is 0 Å². The van der Waals surface area contributed by atoms with E-state index in [0.29, 0.717) is 6.42 Å². The van der Waals surface area contributed by atoms with E-state index >= 15 is 0 Å². The fourth-order valence-corrected chi connectivity index (χ4v) is 2.62. The maximum absolute atomic E-state index is 12.0. The van der Waals surface area contributed by atoms with Crippen LogP contribution in [0.15, 0.2) is 24.3 Å². The van der Waals surface area contributed by atoms with Crippen LogP contribution in [0.4, 0.5) is 5.69 Å². The summed E-state index contributed by atoms with van der Waals surface area (Å²) in [5, 5.41) is 8.82. The van der Waals surface area contributed by atoms with E-state index in [1.165, 1.54) is 0 Å². The number of aliphatic carboxylic acids is 1. The van der Waals surface area contributed by atoms with Crippen molar-refractivity contribution in [3.63, 3.8) is 0 Å². The molecule has 1 amide bonds. The summed E-state index contributed by atoms with van der Waals surface area (Å²) in [6.45, 7) is 2.68. The Morgan fingerprint density at radius 3 is 2.60 bits per heavy atom. The van der Waals surface area contributed by atoms with Crippen molar-refractivity contribution in [1.82, 2.24) is 0 Å². The van der Waals surface area contributed by atoms with Crippen molar-refractivity contribution in [2.45, 2.75) is 44.9 Å². The van der Waals surface area contributed by atoms with Gasteiger partial charge < -0.3 is 10.0 Å². The molecule has 0 radical (unpaired) electrons. The zero-order valence-corrected chi connectivity index (χ0v) is 11.8. The Hall–Kier alpha value is -1.84. The van der Waals surface area contributed by atoms with Gasteiger partial charge in [0.15, 0.2) is 0 Å². The number of anilines is 1. The first kappa shape index (κ1) is 14.6. The topological polar surface area (TPSA) is 57.6 Å². The molecule has 1 saturated heterocycles. The first-order valence-corrected chi connectivity index (χ1v) is 7.20. The van der Waals surface area contributed by atoms with E-state index in [4.69, 9.17) is 5.11 Å². The van der Waals surface area contributed by atoms with Crippen LogP contribution in [0.25, 0.3) is 0 Å².